The fourth-order valence-corrected chi connectivity index (χ4v) is 3.66. The summed E-state index contributed by atoms with van der Waals surface area (Å²) in [5.41, 5.74) is 5.45. The lowest BCUT2D eigenvalue weighted by Crippen LogP contribution is -2.45. The van der Waals surface area contributed by atoms with Crippen LogP contribution >= 0.6 is 11.3 Å². The summed E-state index contributed by atoms with van der Waals surface area (Å²) in [7, 11) is 0. The minimum Gasteiger partial charge on any atom is -0.378 e. The molecule has 1 saturated heterocycles. The second kappa shape index (κ2) is 6.67. The first kappa shape index (κ1) is 15.3. The minimum atomic E-state index is 0.264. The third kappa shape index (κ3) is 3.42. The van der Waals surface area contributed by atoms with Gasteiger partial charge >= 0.3 is 0 Å². The Morgan fingerprint density at radius 1 is 1.27 bits per heavy atom. The molecular weight excluding hydrogens is 294 g/mol. The summed E-state index contributed by atoms with van der Waals surface area (Å²) in [6, 6.07) is 8.52. The molecule has 2 aromatic rings. The van der Waals surface area contributed by atoms with Gasteiger partial charge in [-0.25, -0.2) is 4.98 Å². The Labute approximate surface area is 136 Å². The summed E-state index contributed by atoms with van der Waals surface area (Å²) >= 11 is 1.70. The van der Waals surface area contributed by atoms with E-state index in [0.717, 1.165) is 25.3 Å². The molecule has 0 radical (unpaired) electrons. The van der Waals surface area contributed by atoms with Gasteiger partial charge in [0.1, 0.15) is 0 Å². The first-order chi connectivity index (χ1) is 10.6. The van der Waals surface area contributed by atoms with Crippen molar-refractivity contribution in [3.63, 3.8) is 0 Å². The number of anilines is 2. The maximum absolute atomic E-state index is 5.84. The monoisotopic (exact) mass is 317 g/mol. The van der Waals surface area contributed by atoms with E-state index < -0.39 is 0 Å². The van der Waals surface area contributed by atoms with Gasteiger partial charge in [0.05, 0.1) is 41.3 Å². The van der Waals surface area contributed by atoms with Crippen molar-refractivity contribution in [2.24, 2.45) is 0 Å². The summed E-state index contributed by atoms with van der Waals surface area (Å²) in [4.78, 5) is 8.02. The van der Waals surface area contributed by atoms with Crippen molar-refractivity contribution in [3.05, 3.63) is 40.3 Å². The number of nitrogens with one attached hydrogen (secondary N) is 1. The van der Waals surface area contributed by atoms with E-state index >= 15 is 0 Å². The van der Waals surface area contributed by atoms with Crippen molar-refractivity contribution >= 4 is 22.7 Å². The minimum absolute atomic E-state index is 0.264. The average Bonchev–Trinajstić information content (AvgIpc) is 2.90. The summed E-state index contributed by atoms with van der Waals surface area (Å²) in [6.07, 6.45) is 0.529. The molecule has 1 aliphatic heterocycles. The SMILES string of the molecule is Cc1ncsc1CNc1ccccc1N1C[C@@H](C)O[C@H](C)C1. The second-order valence-corrected chi connectivity index (χ2v) is 6.83. The number of ether oxygens (including phenoxy) is 1. The molecule has 0 aliphatic carbocycles. The van der Waals surface area contributed by atoms with E-state index in [1.807, 2.05) is 5.51 Å². The highest BCUT2D eigenvalue weighted by Gasteiger charge is 2.23. The molecule has 0 saturated carbocycles. The van der Waals surface area contributed by atoms with Crippen molar-refractivity contribution in [2.45, 2.75) is 39.5 Å². The Balaban J connectivity index is 1.76. The number of morpholine rings is 1. The normalized spacial score (nSPS) is 21.9. The molecule has 4 nitrogen and oxygen atoms in total. The highest BCUT2D eigenvalue weighted by molar-refractivity contribution is 7.09. The van der Waals surface area contributed by atoms with Crippen LogP contribution in [0.5, 0.6) is 0 Å². The van der Waals surface area contributed by atoms with Crippen LogP contribution in [-0.2, 0) is 11.3 Å². The van der Waals surface area contributed by atoms with Crippen molar-refractivity contribution < 1.29 is 4.74 Å². The van der Waals surface area contributed by atoms with Crippen molar-refractivity contribution in [1.82, 2.24) is 4.98 Å². The molecule has 1 N–H and O–H groups in total. The number of thiazole rings is 1. The first-order valence-corrected chi connectivity index (χ1v) is 8.63. The van der Waals surface area contributed by atoms with Gasteiger partial charge in [-0.15, -0.1) is 11.3 Å². The van der Waals surface area contributed by atoms with Gasteiger partial charge in [0.15, 0.2) is 0 Å². The molecule has 0 bridgehead atoms. The molecule has 2 heterocycles. The van der Waals surface area contributed by atoms with Gasteiger partial charge in [0, 0.05) is 18.0 Å². The third-order valence-electron chi connectivity index (χ3n) is 3.95. The number of hydrogen-bond donors (Lipinski definition) is 1. The Bertz CT molecular complexity index is 618. The summed E-state index contributed by atoms with van der Waals surface area (Å²) in [6.45, 7) is 9.03. The van der Waals surface area contributed by atoms with Crippen LogP contribution in [0.15, 0.2) is 29.8 Å². The van der Waals surface area contributed by atoms with Gasteiger partial charge < -0.3 is 15.0 Å². The lowest BCUT2D eigenvalue weighted by molar-refractivity contribution is -0.00517. The number of aromatic nitrogens is 1. The Kier molecular flexibility index (Phi) is 4.64. The van der Waals surface area contributed by atoms with E-state index in [1.165, 1.54) is 16.3 Å². The predicted molar refractivity (Wildman–Crippen MR) is 92.8 cm³/mol. The van der Waals surface area contributed by atoms with E-state index in [9.17, 15) is 0 Å². The molecular formula is C17H23N3OS. The molecule has 0 unspecified atom stereocenters. The van der Waals surface area contributed by atoms with Crippen LogP contribution in [0.25, 0.3) is 0 Å². The van der Waals surface area contributed by atoms with Crippen LogP contribution in [0.3, 0.4) is 0 Å². The molecule has 3 rings (SSSR count). The summed E-state index contributed by atoms with van der Waals surface area (Å²) in [5.74, 6) is 0. The van der Waals surface area contributed by atoms with E-state index in [-0.39, 0.29) is 12.2 Å². The number of rotatable bonds is 4. The number of aryl methyl sites for hydroxylation is 1. The third-order valence-corrected chi connectivity index (χ3v) is 4.88. The zero-order valence-corrected chi connectivity index (χ0v) is 14.2. The Morgan fingerprint density at radius 3 is 2.68 bits per heavy atom. The van der Waals surface area contributed by atoms with Crippen LogP contribution in [0.1, 0.15) is 24.4 Å². The van der Waals surface area contributed by atoms with Crippen molar-refractivity contribution in [2.75, 3.05) is 23.3 Å². The van der Waals surface area contributed by atoms with E-state index in [1.54, 1.807) is 11.3 Å². The van der Waals surface area contributed by atoms with Crippen molar-refractivity contribution in [3.8, 4) is 0 Å². The largest absolute Gasteiger partial charge is 0.378 e. The predicted octanol–water partition coefficient (Wildman–Crippen LogP) is 3.68. The van der Waals surface area contributed by atoms with Crippen LogP contribution in [0.4, 0.5) is 11.4 Å². The Hall–Kier alpha value is -1.59. The summed E-state index contributed by atoms with van der Waals surface area (Å²) in [5, 5.41) is 3.57. The number of nitrogens with zero attached hydrogens (tertiary/aromatic N) is 2. The molecule has 1 aromatic heterocycles. The zero-order valence-electron chi connectivity index (χ0n) is 13.4. The quantitative estimate of drug-likeness (QED) is 0.933. The molecule has 22 heavy (non-hydrogen) atoms. The van der Waals surface area contributed by atoms with E-state index in [0.29, 0.717) is 0 Å². The molecule has 0 spiro atoms. The molecule has 1 fully saturated rings. The molecule has 1 aromatic carbocycles. The zero-order chi connectivity index (χ0) is 15.5. The highest BCUT2D eigenvalue weighted by Crippen LogP contribution is 2.29. The van der Waals surface area contributed by atoms with Gasteiger partial charge in [-0.3, -0.25) is 0 Å². The lowest BCUT2D eigenvalue weighted by atomic mass is 10.1. The van der Waals surface area contributed by atoms with Gasteiger partial charge in [-0.1, -0.05) is 12.1 Å². The van der Waals surface area contributed by atoms with Gasteiger partial charge in [0.2, 0.25) is 0 Å². The van der Waals surface area contributed by atoms with Crippen LogP contribution in [-0.4, -0.2) is 30.3 Å². The van der Waals surface area contributed by atoms with Gasteiger partial charge in [0.25, 0.3) is 0 Å². The lowest BCUT2D eigenvalue weighted by Gasteiger charge is -2.37. The average molecular weight is 317 g/mol. The molecule has 0 amide bonds. The second-order valence-electron chi connectivity index (χ2n) is 5.89. The Morgan fingerprint density at radius 2 is 2.00 bits per heavy atom. The fraction of sp³-hybridized carbons (Fsp3) is 0.471. The molecule has 1 aliphatic rings. The maximum atomic E-state index is 5.84. The number of para-hydroxylation sites is 2. The number of hydrogen-bond acceptors (Lipinski definition) is 5. The molecule has 2 atom stereocenters. The maximum Gasteiger partial charge on any atom is 0.0798 e. The molecule has 5 heteroatoms. The standard InChI is InChI=1S/C17H23N3OS/c1-12-9-20(10-13(2)21-12)16-7-5-4-6-15(16)18-8-17-14(3)19-11-22-17/h4-7,11-13,18H,8-10H2,1-3H3/t12-,13-/m1/s1. The fourth-order valence-electron chi connectivity index (χ4n) is 2.94. The molecule has 118 valence electrons. The number of benzene rings is 1. The van der Waals surface area contributed by atoms with Crippen molar-refractivity contribution in [1.29, 1.82) is 0 Å². The van der Waals surface area contributed by atoms with Crippen LogP contribution < -0.4 is 10.2 Å². The van der Waals surface area contributed by atoms with E-state index in [2.05, 4.69) is 60.2 Å². The van der Waals surface area contributed by atoms with Gasteiger partial charge in [-0.05, 0) is 32.9 Å². The smallest absolute Gasteiger partial charge is 0.0798 e. The van der Waals surface area contributed by atoms with Crippen LogP contribution in [0, 0.1) is 6.92 Å². The first-order valence-electron chi connectivity index (χ1n) is 7.75. The highest BCUT2D eigenvalue weighted by atomic mass is 32.1. The van der Waals surface area contributed by atoms with Gasteiger partial charge in [-0.2, -0.15) is 0 Å². The summed E-state index contributed by atoms with van der Waals surface area (Å²) < 4.78 is 5.84. The van der Waals surface area contributed by atoms with Crippen LogP contribution in [0.2, 0.25) is 0 Å². The van der Waals surface area contributed by atoms with E-state index in [4.69, 9.17) is 4.74 Å². The topological polar surface area (TPSA) is 37.4 Å².